The molecule has 0 rings (SSSR count). The molecule has 6 nitrogen and oxygen atoms in total. The van der Waals surface area contributed by atoms with Crippen LogP contribution in [0.5, 0.6) is 0 Å². The minimum atomic E-state index is -3.92. The van der Waals surface area contributed by atoms with E-state index < -0.39 is 20.2 Å². The molecule has 0 fully saturated rings. The van der Waals surface area contributed by atoms with E-state index >= 15 is 0 Å². The lowest BCUT2D eigenvalue weighted by atomic mass is 10.6. The van der Waals surface area contributed by atoms with E-state index in [1.54, 1.807) is 0 Å². The van der Waals surface area contributed by atoms with E-state index in [1.807, 2.05) is 0 Å². The Morgan fingerprint density at radius 3 is 1.50 bits per heavy atom. The molecule has 0 saturated carbocycles. The second kappa shape index (κ2) is 8.72. The summed E-state index contributed by atoms with van der Waals surface area (Å²) < 4.78 is 59.2. The SMILES string of the molecule is O=S(=O)(O)CCCSC(=S)SCCCS(=O)(=O)O. The van der Waals surface area contributed by atoms with Gasteiger partial charge in [-0.1, -0.05) is 12.2 Å². The van der Waals surface area contributed by atoms with Crippen molar-refractivity contribution < 1.29 is 25.9 Å². The summed E-state index contributed by atoms with van der Waals surface area (Å²) in [6.45, 7) is 0. The number of thioether (sulfide) groups is 2. The Bertz CT molecular complexity index is 411. The average Bonchev–Trinajstić information content (AvgIpc) is 2.17. The fourth-order valence-corrected chi connectivity index (χ4v) is 4.46. The number of hydrogen-bond acceptors (Lipinski definition) is 7. The largest absolute Gasteiger partial charge is 0.286 e. The van der Waals surface area contributed by atoms with Crippen molar-refractivity contribution in [3.8, 4) is 0 Å². The van der Waals surface area contributed by atoms with E-state index in [1.165, 1.54) is 23.5 Å². The molecule has 0 amide bonds. The summed E-state index contributed by atoms with van der Waals surface area (Å²) in [7, 11) is -7.83. The zero-order chi connectivity index (χ0) is 14.2. The Morgan fingerprint density at radius 2 is 1.22 bits per heavy atom. The zero-order valence-corrected chi connectivity index (χ0v) is 13.4. The molecule has 0 aliphatic heterocycles. The molecule has 0 heterocycles. The van der Waals surface area contributed by atoms with Crippen molar-refractivity contribution >= 4 is 59.5 Å². The number of thiocarbonyl (C=S) groups is 1. The highest BCUT2D eigenvalue weighted by Gasteiger charge is 2.07. The molecular weight excluding hydrogens is 340 g/mol. The van der Waals surface area contributed by atoms with Crippen molar-refractivity contribution in [2.24, 2.45) is 0 Å². The summed E-state index contributed by atoms with van der Waals surface area (Å²) >= 11 is 7.53. The number of hydrogen-bond donors (Lipinski definition) is 2. The third-order valence-corrected chi connectivity index (χ3v) is 6.01. The Balaban J connectivity index is 3.55. The summed E-state index contributed by atoms with van der Waals surface area (Å²) in [5, 5.41) is 0. The molecule has 0 aliphatic carbocycles. The smallest absolute Gasteiger partial charge is 0.264 e. The van der Waals surface area contributed by atoms with Gasteiger partial charge >= 0.3 is 0 Å². The predicted octanol–water partition coefficient (Wildman–Crippen LogP) is 1.29. The first-order valence-electron chi connectivity index (χ1n) is 4.80. The summed E-state index contributed by atoms with van der Waals surface area (Å²) in [5.41, 5.74) is 0. The molecule has 0 saturated heterocycles. The van der Waals surface area contributed by atoms with Gasteiger partial charge in [-0.05, 0) is 12.8 Å². The van der Waals surface area contributed by atoms with Gasteiger partial charge in [-0.15, -0.1) is 23.5 Å². The minimum Gasteiger partial charge on any atom is -0.286 e. The molecule has 0 radical (unpaired) electrons. The van der Waals surface area contributed by atoms with Crippen molar-refractivity contribution in [3.05, 3.63) is 0 Å². The Labute approximate surface area is 121 Å². The van der Waals surface area contributed by atoms with E-state index in [2.05, 4.69) is 0 Å². The van der Waals surface area contributed by atoms with Crippen molar-refractivity contribution in [1.29, 1.82) is 0 Å². The van der Waals surface area contributed by atoms with Crippen LogP contribution in [0, 0.1) is 0 Å². The van der Waals surface area contributed by atoms with Gasteiger partial charge in [-0.25, -0.2) is 0 Å². The molecule has 18 heavy (non-hydrogen) atoms. The third kappa shape index (κ3) is 14.7. The molecular formula is C7H14O6S5. The van der Waals surface area contributed by atoms with Crippen molar-refractivity contribution in [2.75, 3.05) is 23.0 Å². The standard InChI is InChI=1S/C7H14O6S5/c8-17(9,10)5-1-3-15-7(14)16-4-2-6-18(11,12)13/h1-6H2,(H,8,9,10)(H,11,12,13). The molecule has 108 valence electrons. The van der Waals surface area contributed by atoms with Gasteiger partial charge in [0.25, 0.3) is 20.2 Å². The van der Waals surface area contributed by atoms with Crippen LogP contribution in [0.15, 0.2) is 0 Å². The van der Waals surface area contributed by atoms with Crippen molar-refractivity contribution in [3.63, 3.8) is 0 Å². The Kier molecular flexibility index (Phi) is 9.01. The fraction of sp³-hybridized carbons (Fsp3) is 0.857. The van der Waals surface area contributed by atoms with Crippen LogP contribution in [0.4, 0.5) is 0 Å². The van der Waals surface area contributed by atoms with E-state index in [-0.39, 0.29) is 11.5 Å². The third-order valence-electron chi connectivity index (χ3n) is 1.53. The molecule has 0 aliphatic rings. The Hall–Kier alpha value is 0.610. The topological polar surface area (TPSA) is 109 Å². The van der Waals surface area contributed by atoms with Gasteiger partial charge in [0.05, 0.1) is 11.5 Å². The first kappa shape index (κ1) is 18.6. The maximum Gasteiger partial charge on any atom is 0.264 e. The van der Waals surface area contributed by atoms with Gasteiger partial charge in [0.15, 0.2) is 0 Å². The average molecular weight is 355 g/mol. The number of rotatable bonds is 8. The highest BCUT2D eigenvalue weighted by atomic mass is 32.2. The van der Waals surface area contributed by atoms with Crippen molar-refractivity contribution in [1.82, 2.24) is 0 Å². The normalized spacial score (nSPS) is 12.6. The molecule has 0 aromatic heterocycles. The minimum absolute atomic E-state index is 0.296. The second-order valence-electron chi connectivity index (χ2n) is 3.23. The highest BCUT2D eigenvalue weighted by Crippen LogP contribution is 2.19. The molecule has 0 aromatic carbocycles. The maximum atomic E-state index is 10.4. The first-order valence-corrected chi connectivity index (χ1v) is 10.4. The molecule has 0 atom stereocenters. The van der Waals surface area contributed by atoms with Crippen LogP contribution in [0.1, 0.15) is 12.8 Å². The van der Waals surface area contributed by atoms with Gasteiger partial charge in [-0.2, -0.15) is 16.8 Å². The quantitative estimate of drug-likeness (QED) is 0.378. The van der Waals surface area contributed by atoms with Crippen LogP contribution in [0.2, 0.25) is 0 Å². The Morgan fingerprint density at radius 1 is 0.889 bits per heavy atom. The summed E-state index contributed by atoms with van der Waals surface area (Å²) in [6, 6.07) is 0. The second-order valence-corrected chi connectivity index (χ2v) is 9.76. The molecule has 0 bridgehead atoms. The van der Waals surface area contributed by atoms with E-state index in [0.29, 0.717) is 27.9 Å². The van der Waals surface area contributed by atoms with Gasteiger partial charge < -0.3 is 0 Å². The fourth-order valence-electron chi connectivity index (χ4n) is 0.835. The monoisotopic (exact) mass is 354 g/mol. The predicted molar refractivity (Wildman–Crippen MR) is 79.6 cm³/mol. The maximum absolute atomic E-state index is 10.4. The van der Waals surface area contributed by atoms with Gasteiger partial charge in [0, 0.05) is 11.5 Å². The lowest BCUT2D eigenvalue weighted by molar-refractivity contribution is 0.480. The summed E-state index contributed by atoms with van der Waals surface area (Å²) in [4.78, 5) is 0. The van der Waals surface area contributed by atoms with Crippen LogP contribution in [0.25, 0.3) is 0 Å². The van der Waals surface area contributed by atoms with Gasteiger partial charge in [-0.3, -0.25) is 9.11 Å². The molecule has 0 spiro atoms. The zero-order valence-electron chi connectivity index (χ0n) is 9.31. The van der Waals surface area contributed by atoms with Gasteiger partial charge in [0.1, 0.15) is 3.53 Å². The molecule has 11 heteroatoms. The van der Waals surface area contributed by atoms with Crippen molar-refractivity contribution in [2.45, 2.75) is 12.8 Å². The van der Waals surface area contributed by atoms with E-state index in [4.69, 9.17) is 21.3 Å². The first-order chi connectivity index (χ1) is 8.10. The van der Waals surface area contributed by atoms with E-state index in [0.717, 1.165) is 0 Å². The lowest BCUT2D eigenvalue weighted by Gasteiger charge is -2.02. The summed E-state index contributed by atoms with van der Waals surface area (Å²) in [5.74, 6) is 0.361. The lowest BCUT2D eigenvalue weighted by Crippen LogP contribution is -2.05. The van der Waals surface area contributed by atoms with E-state index in [9.17, 15) is 16.8 Å². The molecule has 0 unspecified atom stereocenters. The molecule has 0 aromatic rings. The highest BCUT2D eigenvalue weighted by molar-refractivity contribution is 8.47. The van der Waals surface area contributed by atoms with Crippen LogP contribution in [0.3, 0.4) is 0 Å². The van der Waals surface area contributed by atoms with Gasteiger partial charge in [0.2, 0.25) is 0 Å². The summed E-state index contributed by atoms with van der Waals surface area (Å²) in [6.07, 6.45) is 0.602. The van der Waals surface area contributed by atoms with Crippen LogP contribution in [-0.2, 0) is 20.2 Å². The van der Waals surface area contributed by atoms with Crippen LogP contribution < -0.4 is 0 Å². The molecule has 2 N–H and O–H groups in total. The van der Waals surface area contributed by atoms with Crippen LogP contribution >= 0.6 is 35.7 Å². The van der Waals surface area contributed by atoms with Crippen LogP contribution in [-0.4, -0.2) is 52.5 Å².